The van der Waals surface area contributed by atoms with Crippen molar-refractivity contribution in [2.24, 2.45) is 0 Å². The molecule has 22 heavy (non-hydrogen) atoms. The summed E-state index contributed by atoms with van der Waals surface area (Å²) in [4.78, 5) is 14.5. The van der Waals surface area contributed by atoms with Crippen molar-refractivity contribution in [3.8, 4) is 0 Å². The van der Waals surface area contributed by atoms with Gasteiger partial charge in [-0.2, -0.15) is 0 Å². The molecule has 0 spiro atoms. The first-order valence-corrected chi connectivity index (χ1v) is 9.12. The Labute approximate surface area is 144 Å². The molecule has 1 heterocycles. The Balaban J connectivity index is 2.02. The van der Waals surface area contributed by atoms with E-state index in [9.17, 15) is 4.79 Å². The van der Waals surface area contributed by atoms with E-state index in [1.165, 1.54) is 22.5 Å². The molecule has 0 saturated carbocycles. The number of carbonyl (C=O) groups excluding carboxylic acids is 1. The normalized spacial score (nSPS) is 10.9. The first-order chi connectivity index (χ1) is 10.6. The van der Waals surface area contributed by atoms with Gasteiger partial charge in [0.2, 0.25) is 0 Å². The summed E-state index contributed by atoms with van der Waals surface area (Å²) in [6.45, 7) is 7.87. The van der Waals surface area contributed by atoms with Crippen LogP contribution in [0, 0.1) is 0 Å². The zero-order valence-electron chi connectivity index (χ0n) is 12.9. The Kier molecular flexibility index (Phi) is 6.61. The Bertz CT molecular complexity index is 623. The van der Waals surface area contributed by atoms with Gasteiger partial charge in [-0.1, -0.05) is 38.1 Å². The number of thiophene rings is 1. The number of rotatable bonds is 7. The Hall–Kier alpha value is -1.17. The van der Waals surface area contributed by atoms with Crippen LogP contribution >= 0.6 is 27.3 Å². The van der Waals surface area contributed by atoms with Gasteiger partial charge in [-0.25, -0.2) is 0 Å². The molecule has 3 nitrogen and oxygen atoms in total. The van der Waals surface area contributed by atoms with Crippen molar-refractivity contribution in [2.45, 2.75) is 26.9 Å². The van der Waals surface area contributed by atoms with E-state index < -0.39 is 0 Å². The van der Waals surface area contributed by atoms with Gasteiger partial charge in [-0.15, -0.1) is 11.3 Å². The van der Waals surface area contributed by atoms with E-state index in [0.29, 0.717) is 12.1 Å². The SMILES string of the molecule is CCN(CC)Cc1ccccc1CNC(=O)c1csc(Br)c1. The molecule has 0 aliphatic heterocycles. The second kappa shape index (κ2) is 8.46. The number of hydrogen-bond acceptors (Lipinski definition) is 3. The van der Waals surface area contributed by atoms with Gasteiger partial charge in [0.25, 0.3) is 5.91 Å². The number of carbonyl (C=O) groups is 1. The lowest BCUT2D eigenvalue weighted by Gasteiger charge is -2.20. The largest absolute Gasteiger partial charge is 0.348 e. The molecular formula is C17H21BrN2OS. The summed E-state index contributed by atoms with van der Waals surface area (Å²) in [5.41, 5.74) is 3.16. The van der Waals surface area contributed by atoms with Crippen LogP contribution in [-0.4, -0.2) is 23.9 Å². The maximum Gasteiger partial charge on any atom is 0.252 e. The van der Waals surface area contributed by atoms with E-state index in [1.54, 1.807) is 0 Å². The van der Waals surface area contributed by atoms with E-state index in [-0.39, 0.29) is 5.91 Å². The summed E-state index contributed by atoms with van der Waals surface area (Å²) in [5, 5.41) is 4.87. The maximum atomic E-state index is 12.1. The van der Waals surface area contributed by atoms with E-state index in [4.69, 9.17) is 0 Å². The van der Waals surface area contributed by atoms with Gasteiger partial charge in [-0.3, -0.25) is 9.69 Å². The van der Waals surface area contributed by atoms with Gasteiger partial charge in [0.05, 0.1) is 9.35 Å². The van der Waals surface area contributed by atoms with Crippen LogP contribution in [0.1, 0.15) is 35.3 Å². The van der Waals surface area contributed by atoms with E-state index >= 15 is 0 Å². The lowest BCUT2D eigenvalue weighted by Crippen LogP contribution is -2.25. The highest BCUT2D eigenvalue weighted by molar-refractivity contribution is 9.11. The molecule has 2 aromatic rings. The van der Waals surface area contributed by atoms with Crippen molar-refractivity contribution in [1.82, 2.24) is 10.2 Å². The third kappa shape index (κ3) is 4.66. The minimum absolute atomic E-state index is 0.0282. The second-order valence-electron chi connectivity index (χ2n) is 5.05. The molecule has 2 rings (SSSR count). The molecule has 0 saturated heterocycles. The molecule has 0 unspecified atom stereocenters. The van der Waals surface area contributed by atoms with Crippen molar-refractivity contribution >= 4 is 33.2 Å². The smallest absolute Gasteiger partial charge is 0.252 e. The molecule has 0 atom stereocenters. The minimum atomic E-state index is -0.0282. The lowest BCUT2D eigenvalue weighted by molar-refractivity contribution is 0.0951. The fourth-order valence-electron chi connectivity index (χ4n) is 2.28. The fourth-order valence-corrected chi connectivity index (χ4v) is 3.42. The van der Waals surface area contributed by atoms with Crippen LogP contribution < -0.4 is 5.32 Å². The highest BCUT2D eigenvalue weighted by Crippen LogP contribution is 2.20. The van der Waals surface area contributed by atoms with Crippen molar-refractivity contribution < 1.29 is 4.79 Å². The van der Waals surface area contributed by atoms with Gasteiger partial charge in [0.15, 0.2) is 0 Å². The quantitative estimate of drug-likeness (QED) is 0.776. The molecule has 0 bridgehead atoms. The summed E-state index contributed by atoms with van der Waals surface area (Å²) in [5.74, 6) is -0.0282. The molecule has 5 heteroatoms. The van der Waals surface area contributed by atoms with E-state index in [1.807, 2.05) is 17.5 Å². The third-order valence-electron chi connectivity index (χ3n) is 3.68. The van der Waals surface area contributed by atoms with Crippen molar-refractivity contribution in [3.05, 3.63) is 56.2 Å². The van der Waals surface area contributed by atoms with Gasteiger partial charge < -0.3 is 5.32 Å². The predicted octanol–water partition coefficient (Wildman–Crippen LogP) is 4.28. The average Bonchev–Trinajstić information content (AvgIpc) is 2.97. The van der Waals surface area contributed by atoms with E-state index in [0.717, 1.165) is 23.4 Å². The summed E-state index contributed by atoms with van der Waals surface area (Å²) in [6, 6.07) is 10.2. The van der Waals surface area contributed by atoms with Crippen molar-refractivity contribution in [1.29, 1.82) is 0 Å². The van der Waals surface area contributed by atoms with Crippen LogP contribution in [0.4, 0.5) is 0 Å². The zero-order chi connectivity index (χ0) is 15.9. The Morgan fingerprint density at radius 1 is 1.23 bits per heavy atom. The monoisotopic (exact) mass is 380 g/mol. The number of hydrogen-bond donors (Lipinski definition) is 1. The number of halogens is 1. The lowest BCUT2D eigenvalue weighted by atomic mass is 10.1. The minimum Gasteiger partial charge on any atom is -0.348 e. The van der Waals surface area contributed by atoms with E-state index in [2.05, 4.69) is 58.2 Å². The molecule has 1 amide bonds. The number of benzene rings is 1. The van der Waals surface area contributed by atoms with Crippen LogP contribution in [0.3, 0.4) is 0 Å². The molecule has 118 valence electrons. The van der Waals surface area contributed by atoms with Crippen LogP contribution in [0.5, 0.6) is 0 Å². The number of nitrogens with zero attached hydrogens (tertiary/aromatic N) is 1. The molecular weight excluding hydrogens is 360 g/mol. The van der Waals surface area contributed by atoms with Crippen LogP contribution in [-0.2, 0) is 13.1 Å². The zero-order valence-corrected chi connectivity index (χ0v) is 15.3. The highest BCUT2D eigenvalue weighted by atomic mass is 79.9. The Morgan fingerprint density at radius 3 is 2.50 bits per heavy atom. The molecule has 1 aromatic carbocycles. The maximum absolute atomic E-state index is 12.1. The number of amides is 1. The molecule has 1 aromatic heterocycles. The average molecular weight is 381 g/mol. The molecule has 0 aliphatic carbocycles. The summed E-state index contributed by atoms with van der Waals surface area (Å²) in [6.07, 6.45) is 0. The third-order valence-corrected chi connectivity index (χ3v) is 5.18. The molecule has 0 fully saturated rings. The van der Waals surface area contributed by atoms with Crippen molar-refractivity contribution in [2.75, 3.05) is 13.1 Å². The summed E-state index contributed by atoms with van der Waals surface area (Å²) >= 11 is 4.91. The molecule has 0 radical (unpaired) electrons. The van der Waals surface area contributed by atoms with Gasteiger partial charge in [0, 0.05) is 18.5 Å². The van der Waals surface area contributed by atoms with Crippen LogP contribution in [0.15, 0.2) is 39.5 Å². The first-order valence-electron chi connectivity index (χ1n) is 7.45. The predicted molar refractivity (Wildman–Crippen MR) is 96.3 cm³/mol. The van der Waals surface area contributed by atoms with Gasteiger partial charge >= 0.3 is 0 Å². The first kappa shape index (κ1) is 17.2. The summed E-state index contributed by atoms with van der Waals surface area (Å²) < 4.78 is 0.972. The van der Waals surface area contributed by atoms with Crippen LogP contribution in [0.2, 0.25) is 0 Å². The van der Waals surface area contributed by atoms with Gasteiger partial charge in [0.1, 0.15) is 0 Å². The van der Waals surface area contributed by atoms with Gasteiger partial charge in [-0.05, 0) is 46.2 Å². The highest BCUT2D eigenvalue weighted by Gasteiger charge is 2.10. The number of nitrogens with one attached hydrogen (secondary N) is 1. The summed E-state index contributed by atoms with van der Waals surface area (Å²) in [7, 11) is 0. The molecule has 0 aliphatic rings. The Morgan fingerprint density at radius 2 is 1.91 bits per heavy atom. The second-order valence-corrected chi connectivity index (χ2v) is 7.34. The van der Waals surface area contributed by atoms with Crippen LogP contribution in [0.25, 0.3) is 0 Å². The topological polar surface area (TPSA) is 32.3 Å². The fraction of sp³-hybridized carbons (Fsp3) is 0.353. The standard InChI is InChI=1S/C17H21BrN2OS/c1-3-20(4-2)11-14-8-6-5-7-13(14)10-19-17(21)15-9-16(18)22-12-15/h5-9,12H,3-4,10-11H2,1-2H3,(H,19,21). The molecule has 1 N–H and O–H groups in total. The van der Waals surface area contributed by atoms with Crippen molar-refractivity contribution in [3.63, 3.8) is 0 Å².